The van der Waals surface area contributed by atoms with Crippen molar-refractivity contribution >= 4 is 17.5 Å². The molecule has 3 rings (SSSR count). The summed E-state index contributed by atoms with van der Waals surface area (Å²) in [5.74, 6) is -0.520. The maximum Gasteiger partial charge on any atom is 0.252 e. The lowest BCUT2D eigenvalue weighted by Gasteiger charge is -2.35. The molecule has 25 heavy (non-hydrogen) atoms. The number of ether oxygens (including phenoxy) is 1. The van der Waals surface area contributed by atoms with Crippen molar-refractivity contribution in [2.75, 3.05) is 32.8 Å². The Kier molecular flexibility index (Phi) is 6.02. The fraction of sp³-hybridized carbons (Fsp3) is 0.316. The van der Waals surface area contributed by atoms with Crippen LogP contribution in [0.15, 0.2) is 48.5 Å². The van der Waals surface area contributed by atoms with Crippen molar-refractivity contribution < 1.29 is 13.9 Å². The summed E-state index contributed by atoms with van der Waals surface area (Å²) in [4.78, 5) is 14.6. The number of amides is 1. The minimum Gasteiger partial charge on any atom is -0.379 e. The lowest BCUT2D eigenvalue weighted by Crippen LogP contribution is -2.43. The van der Waals surface area contributed by atoms with Gasteiger partial charge in [0.15, 0.2) is 0 Å². The second-order valence-corrected chi connectivity index (χ2v) is 6.32. The lowest BCUT2D eigenvalue weighted by atomic mass is 10.0. The fourth-order valence-corrected chi connectivity index (χ4v) is 3.21. The number of rotatable bonds is 5. The summed E-state index contributed by atoms with van der Waals surface area (Å²) in [5.41, 5.74) is 1.27. The first-order chi connectivity index (χ1) is 12.1. The Morgan fingerprint density at radius 3 is 2.68 bits per heavy atom. The maximum atomic E-state index is 13.7. The summed E-state index contributed by atoms with van der Waals surface area (Å²) >= 11 is 6.08. The average Bonchev–Trinajstić information content (AvgIpc) is 2.63. The van der Waals surface area contributed by atoms with Crippen LogP contribution in [-0.4, -0.2) is 43.7 Å². The summed E-state index contributed by atoms with van der Waals surface area (Å²) < 4.78 is 19.1. The topological polar surface area (TPSA) is 41.6 Å². The highest BCUT2D eigenvalue weighted by atomic mass is 35.5. The van der Waals surface area contributed by atoms with Crippen LogP contribution in [0.5, 0.6) is 0 Å². The minimum atomic E-state index is -0.284. The Balaban J connectivity index is 1.75. The van der Waals surface area contributed by atoms with Crippen molar-refractivity contribution in [1.82, 2.24) is 10.2 Å². The van der Waals surface area contributed by atoms with Crippen molar-refractivity contribution in [1.29, 1.82) is 0 Å². The highest BCUT2D eigenvalue weighted by molar-refractivity contribution is 6.33. The van der Waals surface area contributed by atoms with E-state index in [0.29, 0.717) is 30.3 Å². The SMILES string of the molecule is O=C(NC[C@@H](c1cccc(F)c1)N1CCOCC1)c1ccccc1Cl. The van der Waals surface area contributed by atoms with E-state index in [4.69, 9.17) is 16.3 Å². The van der Waals surface area contributed by atoms with Gasteiger partial charge in [0, 0.05) is 19.6 Å². The van der Waals surface area contributed by atoms with E-state index in [0.717, 1.165) is 18.7 Å². The number of carbonyl (C=O) groups is 1. The van der Waals surface area contributed by atoms with Crippen LogP contribution in [0, 0.1) is 5.82 Å². The van der Waals surface area contributed by atoms with Crippen molar-refractivity contribution in [2.45, 2.75) is 6.04 Å². The van der Waals surface area contributed by atoms with Crippen molar-refractivity contribution in [3.63, 3.8) is 0 Å². The van der Waals surface area contributed by atoms with E-state index in [-0.39, 0.29) is 17.8 Å². The molecule has 1 atom stereocenters. The number of nitrogens with one attached hydrogen (secondary N) is 1. The monoisotopic (exact) mass is 362 g/mol. The normalized spacial score (nSPS) is 16.4. The second kappa shape index (κ2) is 8.43. The Hall–Kier alpha value is -1.95. The van der Waals surface area contributed by atoms with Crippen LogP contribution < -0.4 is 5.32 Å². The van der Waals surface area contributed by atoms with Crippen LogP contribution in [0.1, 0.15) is 22.0 Å². The summed E-state index contributed by atoms with van der Waals surface area (Å²) in [5, 5.41) is 3.34. The largest absolute Gasteiger partial charge is 0.379 e. The molecule has 0 aliphatic carbocycles. The molecule has 0 radical (unpaired) electrons. The molecule has 1 N–H and O–H groups in total. The fourth-order valence-electron chi connectivity index (χ4n) is 2.99. The van der Waals surface area contributed by atoms with Gasteiger partial charge in [0.2, 0.25) is 0 Å². The zero-order chi connectivity index (χ0) is 17.6. The smallest absolute Gasteiger partial charge is 0.252 e. The molecule has 1 fully saturated rings. The van der Waals surface area contributed by atoms with Crippen LogP contribution in [-0.2, 0) is 4.74 Å². The van der Waals surface area contributed by atoms with E-state index < -0.39 is 0 Å². The number of halogens is 2. The molecule has 0 spiro atoms. The van der Waals surface area contributed by atoms with Crippen LogP contribution in [0.3, 0.4) is 0 Å². The predicted molar refractivity (Wildman–Crippen MR) is 95.3 cm³/mol. The second-order valence-electron chi connectivity index (χ2n) is 5.91. The third kappa shape index (κ3) is 4.57. The molecule has 0 bridgehead atoms. The van der Waals surface area contributed by atoms with E-state index >= 15 is 0 Å². The van der Waals surface area contributed by atoms with Crippen molar-refractivity contribution in [2.24, 2.45) is 0 Å². The standard InChI is InChI=1S/C19H20ClFN2O2/c20-17-7-2-1-6-16(17)19(24)22-13-18(23-8-10-25-11-9-23)14-4-3-5-15(21)12-14/h1-7,12,18H,8-11,13H2,(H,22,24)/t18-/m0/s1. The van der Waals surface area contributed by atoms with E-state index in [2.05, 4.69) is 10.2 Å². The Morgan fingerprint density at radius 1 is 1.20 bits per heavy atom. The van der Waals surface area contributed by atoms with Crippen LogP contribution in [0.2, 0.25) is 5.02 Å². The average molecular weight is 363 g/mol. The molecule has 2 aromatic carbocycles. The van der Waals surface area contributed by atoms with Gasteiger partial charge in [0.05, 0.1) is 29.8 Å². The number of nitrogens with zero attached hydrogens (tertiary/aromatic N) is 1. The van der Waals surface area contributed by atoms with E-state index in [1.54, 1.807) is 30.3 Å². The van der Waals surface area contributed by atoms with Gasteiger partial charge in [-0.05, 0) is 29.8 Å². The number of benzene rings is 2. The van der Waals surface area contributed by atoms with Crippen molar-refractivity contribution in [3.05, 3.63) is 70.5 Å². The summed E-state index contributed by atoms with van der Waals surface area (Å²) in [6.07, 6.45) is 0. The summed E-state index contributed by atoms with van der Waals surface area (Å²) in [7, 11) is 0. The minimum absolute atomic E-state index is 0.119. The quantitative estimate of drug-likeness (QED) is 0.887. The highest BCUT2D eigenvalue weighted by Crippen LogP contribution is 2.22. The predicted octanol–water partition coefficient (Wildman–Crippen LogP) is 3.28. The van der Waals surface area contributed by atoms with Gasteiger partial charge in [-0.1, -0.05) is 35.9 Å². The van der Waals surface area contributed by atoms with E-state index in [9.17, 15) is 9.18 Å². The molecule has 132 valence electrons. The Morgan fingerprint density at radius 2 is 1.96 bits per heavy atom. The molecule has 6 heteroatoms. The van der Waals surface area contributed by atoms with Gasteiger partial charge in [-0.3, -0.25) is 9.69 Å². The zero-order valence-corrected chi connectivity index (χ0v) is 14.5. The molecule has 1 saturated heterocycles. The third-order valence-corrected chi connectivity index (χ3v) is 4.62. The van der Waals surface area contributed by atoms with Gasteiger partial charge in [0.1, 0.15) is 5.82 Å². The number of morpholine rings is 1. The van der Waals surface area contributed by atoms with Gasteiger partial charge in [-0.25, -0.2) is 4.39 Å². The highest BCUT2D eigenvalue weighted by Gasteiger charge is 2.24. The molecule has 1 amide bonds. The van der Waals surface area contributed by atoms with Gasteiger partial charge in [-0.15, -0.1) is 0 Å². The molecule has 2 aromatic rings. The molecular formula is C19H20ClFN2O2. The molecular weight excluding hydrogens is 343 g/mol. The van der Waals surface area contributed by atoms with Gasteiger partial charge in [-0.2, -0.15) is 0 Å². The lowest BCUT2D eigenvalue weighted by molar-refractivity contribution is 0.0162. The summed E-state index contributed by atoms with van der Waals surface area (Å²) in [6.45, 7) is 3.11. The molecule has 1 aliphatic heterocycles. The molecule has 0 saturated carbocycles. The number of hydrogen-bond donors (Lipinski definition) is 1. The third-order valence-electron chi connectivity index (χ3n) is 4.29. The first-order valence-electron chi connectivity index (χ1n) is 8.25. The molecule has 0 aromatic heterocycles. The first kappa shape index (κ1) is 17.9. The Labute approximate surface area is 151 Å². The van der Waals surface area contributed by atoms with Crippen LogP contribution >= 0.6 is 11.6 Å². The van der Waals surface area contributed by atoms with Gasteiger partial charge in [0.25, 0.3) is 5.91 Å². The Bertz CT molecular complexity index is 735. The van der Waals surface area contributed by atoms with E-state index in [1.165, 1.54) is 12.1 Å². The molecule has 1 aliphatic rings. The van der Waals surface area contributed by atoms with Gasteiger partial charge >= 0.3 is 0 Å². The first-order valence-corrected chi connectivity index (χ1v) is 8.63. The van der Waals surface area contributed by atoms with E-state index in [1.807, 2.05) is 6.07 Å². The van der Waals surface area contributed by atoms with Gasteiger partial charge < -0.3 is 10.1 Å². The number of hydrogen-bond acceptors (Lipinski definition) is 3. The van der Waals surface area contributed by atoms with Crippen LogP contribution in [0.25, 0.3) is 0 Å². The summed E-state index contributed by atoms with van der Waals surface area (Å²) in [6, 6.07) is 13.3. The molecule has 1 heterocycles. The van der Waals surface area contributed by atoms with Crippen molar-refractivity contribution in [3.8, 4) is 0 Å². The molecule has 4 nitrogen and oxygen atoms in total. The zero-order valence-electron chi connectivity index (χ0n) is 13.8. The maximum absolute atomic E-state index is 13.7. The number of carbonyl (C=O) groups excluding carboxylic acids is 1. The van der Waals surface area contributed by atoms with Crippen LogP contribution in [0.4, 0.5) is 4.39 Å². The molecule has 0 unspecified atom stereocenters.